The lowest BCUT2D eigenvalue weighted by Gasteiger charge is -2.06. The maximum Gasteiger partial charge on any atom is 0.323 e. The third kappa shape index (κ3) is 4.35. The largest absolute Gasteiger partial charge is 0.468 e. The van der Waals surface area contributed by atoms with Crippen LogP contribution >= 0.6 is 11.8 Å². The van der Waals surface area contributed by atoms with Crippen molar-refractivity contribution < 1.29 is 14.1 Å². The Bertz CT molecular complexity index is 367. The third-order valence-electron chi connectivity index (χ3n) is 2.03. The van der Waals surface area contributed by atoms with Crippen LogP contribution < -0.4 is 5.73 Å². The van der Waals surface area contributed by atoms with Gasteiger partial charge in [0.15, 0.2) is 5.82 Å². The maximum absolute atomic E-state index is 11.0. The van der Waals surface area contributed by atoms with Gasteiger partial charge in [-0.25, -0.2) is 0 Å². The summed E-state index contributed by atoms with van der Waals surface area (Å²) < 4.78 is 9.58. The van der Waals surface area contributed by atoms with Gasteiger partial charge in [-0.1, -0.05) is 19.0 Å². The van der Waals surface area contributed by atoms with Gasteiger partial charge < -0.3 is 15.0 Å². The van der Waals surface area contributed by atoms with Crippen LogP contribution in [0.25, 0.3) is 0 Å². The van der Waals surface area contributed by atoms with E-state index in [1.54, 1.807) is 0 Å². The van der Waals surface area contributed by atoms with Gasteiger partial charge in [0.2, 0.25) is 5.89 Å². The number of ether oxygens (including phenoxy) is 1. The highest BCUT2D eigenvalue weighted by atomic mass is 32.2. The summed E-state index contributed by atoms with van der Waals surface area (Å²) in [7, 11) is 1.32. The first-order valence-corrected chi connectivity index (χ1v) is 6.43. The predicted octanol–water partition coefficient (Wildman–Crippen LogP) is 0.926. The number of carbonyl (C=O) groups excluding carboxylic acids is 1. The molecule has 0 radical (unpaired) electrons. The van der Waals surface area contributed by atoms with E-state index in [0.717, 1.165) is 0 Å². The van der Waals surface area contributed by atoms with Crippen LogP contribution in [0.1, 0.15) is 31.5 Å². The SMILES string of the molecule is COC(=O)C(N)CSCc1nc(C(C)C)no1. The van der Waals surface area contributed by atoms with Gasteiger partial charge in [0.1, 0.15) is 6.04 Å². The smallest absolute Gasteiger partial charge is 0.323 e. The van der Waals surface area contributed by atoms with E-state index in [4.69, 9.17) is 10.3 Å². The molecule has 0 bridgehead atoms. The highest BCUT2D eigenvalue weighted by molar-refractivity contribution is 7.98. The van der Waals surface area contributed by atoms with E-state index >= 15 is 0 Å². The van der Waals surface area contributed by atoms with E-state index in [2.05, 4.69) is 14.9 Å². The average molecular weight is 259 g/mol. The Balaban J connectivity index is 2.33. The molecule has 0 spiro atoms. The zero-order valence-electron chi connectivity index (χ0n) is 10.2. The minimum atomic E-state index is -0.613. The number of nitrogens with two attached hydrogens (primary N) is 1. The highest BCUT2D eigenvalue weighted by Crippen LogP contribution is 2.14. The van der Waals surface area contributed by atoms with Gasteiger partial charge in [0.05, 0.1) is 12.9 Å². The van der Waals surface area contributed by atoms with Crippen LogP contribution in [0, 0.1) is 0 Å². The highest BCUT2D eigenvalue weighted by Gasteiger charge is 2.15. The second-order valence-corrected chi connectivity index (χ2v) is 4.88. The molecule has 1 aromatic heterocycles. The molecule has 1 rings (SSSR count). The number of hydrogen-bond acceptors (Lipinski definition) is 7. The second-order valence-electron chi connectivity index (χ2n) is 3.85. The fraction of sp³-hybridized carbons (Fsp3) is 0.700. The van der Waals surface area contributed by atoms with Gasteiger partial charge in [0, 0.05) is 11.7 Å². The zero-order valence-corrected chi connectivity index (χ0v) is 11.0. The summed E-state index contributed by atoms with van der Waals surface area (Å²) >= 11 is 1.46. The number of rotatable bonds is 6. The van der Waals surface area contributed by atoms with E-state index in [0.29, 0.717) is 23.2 Å². The predicted molar refractivity (Wildman–Crippen MR) is 64.5 cm³/mol. The number of thioether (sulfide) groups is 1. The van der Waals surface area contributed by atoms with Crippen molar-refractivity contribution in [2.24, 2.45) is 5.73 Å². The van der Waals surface area contributed by atoms with Crippen molar-refractivity contribution in [2.45, 2.75) is 31.6 Å². The molecular formula is C10H17N3O3S. The van der Waals surface area contributed by atoms with Crippen molar-refractivity contribution in [1.82, 2.24) is 10.1 Å². The van der Waals surface area contributed by atoms with Crippen LogP contribution in [0.15, 0.2) is 4.52 Å². The van der Waals surface area contributed by atoms with Crippen LogP contribution in [0.3, 0.4) is 0 Å². The molecule has 1 atom stereocenters. The molecule has 0 aromatic carbocycles. The van der Waals surface area contributed by atoms with E-state index in [9.17, 15) is 4.79 Å². The number of carbonyl (C=O) groups is 1. The summed E-state index contributed by atoms with van der Waals surface area (Å²) in [6, 6.07) is -0.613. The van der Waals surface area contributed by atoms with E-state index in [-0.39, 0.29) is 5.92 Å². The molecule has 0 aliphatic heterocycles. The average Bonchev–Trinajstić information content (AvgIpc) is 2.76. The van der Waals surface area contributed by atoms with Crippen LogP contribution in [0.4, 0.5) is 0 Å². The van der Waals surface area contributed by atoms with Crippen LogP contribution in [0.2, 0.25) is 0 Å². The number of aromatic nitrogens is 2. The second kappa shape index (κ2) is 6.61. The molecule has 0 amide bonds. The molecular weight excluding hydrogens is 242 g/mol. The minimum absolute atomic E-state index is 0.245. The maximum atomic E-state index is 11.0. The molecule has 17 heavy (non-hydrogen) atoms. The van der Waals surface area contributed by atoms with E-state index < -0.39 is 12.0 Å². The third-order valence-corrected chi connectivity index (χ3v) is 3.07. The monoisotopic (exact) mass is 259 g/mol. The lowest BCUT2D eigenvalue weighted by Crippen LogP contribution is -2.33. The van der Waals surface area contributed by atoms with Crippen molar-refractivity contribution in [3.63, 3.8) is 0 Å². The Labute approximate surface area is 104 Å². The molecule has 0 aliphatic carbocycles. The molecule has 0 saturated heterocycles. The van der Waals surface area contributed by atoms with Gasteiger partial charge in [-0.05, 0) is 0 Å². The Kier molecular flexibility index (Phi) is 5.43. The Hall–Kier alpha value is -1.08. The molecule has 0 saturated carbocycles. The number of nitrogens with zero attached hydrogens (tertiary/aromatic N) is 2. The number of hydrogen-bond donors (Lipinski definition) is 1. The molecule has 7 heteroatoms. The van der Waals surface area contributed by atoms with E-state index in [1.807, 2.05) is 13.8 Å². The van der Waals surface area contributed by atoms with Crippen molar-refractivity contribution >= 4 is 17.7 Å². The molecule has 1 unspecified atom stereocenters. The first-order chi connectivity index (χ1) is 8.04. The molecule has 1 heterocycles. The lowest BCUT2D eigenvalue weighted by molar-refractivity contribution is -0.141. The van der Waals surface area contributed by atoms with Crippen molar-refractivity contribution in [3.8, 4) is 0 Å². The summed E-state index contributed by atoms with van der Waals surface area (Å²) in [4.78, 5) is 15.3. The fourth-order valence-electron chi connectivity index (χ4n) is 1.05. The summed E-state index contributed by atoms with van der Waals surface area (Å²) in [5, 5.41) is 3.84. The van der Waals surface area contributed by atoms with Crippen LogP contribution in [-0.4, -0.2) is 35.0 Å². The van der Waals surface area contributed by atoms with Crippen molar-refractivity contribution in [2.75, 3.05) is 12.9 Å². The van der Waals surface area contributed by atoms with Gasteiger partial charge >= 0.3 is 5.97 Å². The van der Waals surface area contributed by atoms with Gasteiger partial charge in [-0.2, -0.15) is 4.98 Å². The van der Waals surface area contributed by atoms with Gasteiger partial charge in [0.25, 0.3) is 0 Å². The van der Waals surface area contributed by atoms with Crippen molar-refractivity contribution in [3.05, 3.63) is 11.7 Å². The topological polar surface area (TPSA) is 91.2 Å². The Morgan fingerprint density at radius 2 is 2.29 bits per heavy atom. The first-order valence-electron chi connectivity index (χ1n) is 5.28. The number of methoxy groups -OCH3 is 1. The van der Waals surface area contributed by atoms with Gasteiger partial charge in [-0.3, -0.25) is 4.79 Å². The normalized spacial score (nSPS) is 12.8. The molecule has 2 N–H and O–H groups in total. The van der Waals surface area contributed by atoms with Crippen molar-refractivity contribution in [1.29, 1.82) is 0 Å². The Morgan fingerprint density at radius 3 is 2.82 bits per heavy atom. The number of esters is 1. The molecule has 1 aromatic rings. The van der Waals surface area contributed by atoms with Crippen LogP contribution in [0.5, 0.6) is 0 Å². The molecule has 6 nitrogen and oxygen atoms in total. The summed E-state index contributed by atoms with van der Waals surface area (Å²) in [6.07, 6.45) is 0. The first kappa shape index (κ1) is 14.0. The van der Waals surface area contributed by atoms with Gasteiger partial charge in [-0.15, -0.1) is 11.8 Å². The van der Waals surface area contributed by atoms with E-state index in [1.165, 1.54) is 18.9 Å². The summed E-state index contributed by atoms with van der Waals surface area (Å²) in [5.74, 6) is 2.09. The molecule has 0 aliphatic rings. The lowest BCUT2D eigenvalue weighted by atomic mass is 10.2. The fourth-order valence-corrected chi connectivity index (χ4v) is 1.85. The molecule has 0 fully saturated rings. The Morgan fingerprint density at radius 1 is 1.59 bits per heavy atom. The zero-order chi connectivity index (χ0) is 12.8. The standard InChI is InChI=1S/C10H17N3O3S/c1-6(2)9-12-8(16-13-9)5-17-4-7(11)10(14)15-3/h6-7H,4-5,11H2,1-3H3. The minimum Gasteiger partial charge on any atom is -0.468 e. The summed E-state index contributed by atoms with van der Waals surface area (Å²) in [5.41, 5.74) is 5.58. The quantitative estimate of drug-likeness (QED) is 0.760. The summed E-state index contributed by atoms with van der Waals surface area (Å²) in [6.45, 7) is 3.99. The molecule has 96 valence electrons. The van der Waals surface area contributed by atoms with Crippen LogP contribution in [-0.2, 0) is 15.3 Å².